The zero-order chi connectivity index (χ0) is 18.6. The molecule has 1 aromatic heterocycles. The fourth-order valence-corrected chi connectivity index (χ4v) is 4.26. The van der Waals surface area contributed by atoms with Crippen molar-refractivity contribution in [3.63, 3.8) is 0 Å². The Morgan fingerprint density at radius 2 is 1.96 bits per heavy atom. The van der Waals surface area contributed by atoms with Gasteiger partial charge in [-0.05, 0) is 24.0 Å². The molecule has 142 valence electrons. The van der Waals surface area contributed by atoms with Crippen molar-refractivity contribution < 1.29 is 9.59 Å². The first-order valence-electron chi connectivity index (χ1n) is 9.80. The number of likely N-dealkylation sites (tertiary alicyclic amines) is 1. The third kappa shape index (κ3) is 4.04. The largest absolute Gasteiger partial charge is 0.352 e. The standard InChI is InChI=1S/C21H26N4O2/c26-20-11-18(14-25(20)19-7-3-4-8-19)21(27)23-12-16-5-1-2-6-17(16)13-24-10-9-22-15-24/h1-2,5-6,9-10,15,18-19H,3-4,7-8,11-14H2,(H,23,27). The molecule has 1 aliphatic carbocycles. The third-order valence-corrected chi connectivity index (χ3v) is 5.78. The minimum Gasteiger partial charge on any atom is -0.352 e. The van der Waals surface area contributed by atoms with E-state index in [4.69, 9.17) is 0 Å². The summed E-state index contributed by atoms with van der Waals surface area (Å²) in [7, 11) is 0. The van der Waals surface area contributed by atoms with Gasteiger partial charge in [-0.1, -0.05) is 37.1 Å². The highest BCUT2D eigenvalue weighted by Crippen LogP contribution is 2.29. The topological polar surface area (TPSA) is 67.2 Å². The van der Waals surface area contributed by atoms with Crippen LogP contribution in [0, 0.1) is 5.92 Å². The molecule has 1 saturated carbocycles. The summed E-state index contributed by atoms with van der Waals surface area (Å²) in [6, 6.07) is 8.46. The van der Waals surface area contributed by atoms with Gasteiger partial charge < -0.3 is 14.8 Å². The van der Waals surface area contributed by atoms with Crippen LogP contribution in [0.1, 0.15) is 43.2 Å². The Hall–Kier alpha value is -2.63. The summed E-state index contributed by atoms with van der Waals surface area (Å²) in [6.45, 7) is 1.78. The Morgan fingerprint density at radius 1 is 1.19 bits per heavy atom. The molecule has 2 amide bonds. The Labute approximate surface area is 159 Å². The average Bonchev–Trinajstić information content (AvgIpc) is 3.42. The Balaban J connectivity index is 1.35. The van der Waals surface area contributed by atoms with Crippen LogP contribution in [-0.4, -0.2) is 38.9 Å². The number of carbonyl (C=O) groups is 2. The van der Waals surface area contributed by atoms with Crippen LogP contribution in [0.3, 0.4) is 0 Å². The van der Waals surface area contributed by atoms with E-state index in [9.17, 15) is 9.59 Å². The highest BCUT2D eigenvalue weighted by Gasteiger charge is 2.38. The van der Waals surface area contributed by atoms with Crippen LogP contribution >= 0.6 is 0 Å². The summed E-state index contributed by atoms with van der Waals surface area (Å²) in [5, 5.41) is 3.05. The van der Waals surface area contributed by atoms with Crippen molar-refractivity contribution in [1.82, 2.24) is 19.8 Å². The lowest BCUT2D eigenvalue weighted by Crippen LogP contribution is -2.36. The molecule has 0 radical (unpaired) electrons. The number of rotatable bonds is 6. The van der Waals surface area contributed by atoms with Crippen LogP contribution in [0.25, 0.3) is 0 Å². The van der Waals surface area contributed by atoms with Gasteiger partial charge >= 0.3 is 0 Å². The summed E-state index contributed by atoms with van der Waals surface area (Å²) in [6.07, 6.45) is 10.4. The molecule has 2 aromatic rings. The van der Waals surface area contributed by atoms with Crippen LogP contribution in [0.4, 0.5) is 0 Å². The number of imidazole rings is 1. The van der Waals surface area contributed by atoms with Gasteiger partial charge in [-0.2, -0.15) is 0 Å². The van der Waals surface area contributed by atoms with Gasteiger partial charge in [0.2, 0.25) is 11.8 Å². The molecular weight excluding hydrogens is 340 g/mol. The van der Waals surface area contributed by atoms with E-state index in [1.807, 2.05) is 33.9 Å². The third-order valence-electron chi connectivity index (χ3n) is 5.78. The molecule has 4 rings (SSSR count). The van der Waals surface area contributed by atoms with Crippen LogP contribution in [0.15, 0.2) is 43.0 Å². The zero-order valence-electron chi connectivity index (χ0n) is 15.5. The number of nitrogens with zero attached hydrogens (tertiary/aromatic N) is 3. The SMILES string of the molecule is O=C(NCc1ccccc1Cn1ccnc1)C1CC(=O)N(C2CCCC2)C1. The fraction of sp³-hybridized carbons (Fsp3) is 0.476. The molecule has 0 bridgehead atoms. The molecule has 1 aliphatic heterocycles. The predicted molar refractivity (Wildman–Crippen MR) is 102 cm³/mol. The second-order valence-corrected chi connectivity index (χ2v) is 7.61. The number of aromatic nitrogens is 2. The first-order valence-corrected chi connectivity index (χ1v) is 9.80. The predicted octanol–water partition coefficient (Wildman–Crippen LogP) is 2.34. The van der Waals surface area contributed by atoms with Crippen LogP contribution in [-0.2, 0) is 22.7 Å². The van der Waals surface area contributed by atoms with Gasteiger partial charge in [0.15, 0.2) is 0 Å². The van der Waals surface area contributed by atoms with E-state index in [0.29, 0.717) is 25.6 Å². The van der Waals surface area contributed by atoms with E-state index in [1.54, 1.807) is 12.5 Å². The van der Waals surface area contributed by atoms with Gasteiger partial charge in [0.05, 0.1) is 12.2 Å². The van der Waals surface area contributed by atoms with Gasteiger partial charge in [0, 0.05) is 44.5 Å². The second kappa shape index (κ2) is 7.94. The molecule has 1 aromatic carbocycles. The van der Waals surface area contributed by atoms with Crippen LogP contribution in [0.2, 0.25) is 0 Å². The molecule has 2 fully saturated rings. The van der Waals surface area contributed by atoms with Crippen molar-refractivity contribution in [3.8, 4) is 0 Å². The van der Waals surface area contributed by atoms with Crippen molar-refractivity contribution in [2.45, 2.75) is 51.2 Å². The quantitative estimate of drug-likeness (QED) is 0.853. The summed E-state index contributed by atoms with van der Waals surface area (Å²) in [5.41, 5.74) is 2.25. The zero-order valence-corrected chi connectivity index (χ0v) is 15.5. The normalized spacial score (nSPS) is 20.4. The van der Waals surface area contributed by atoms with E-state index in [-0.39, 0.29) is 17.7 Å². The Kier molecular flexibility index (Phi) is 5.23. The van der Waals surface area contributed by atoms with Gasteiger partial charge in [-0.25, -0.2) is 4.98 Å². The Bertz CT molecular complexity index is 796. The van der Waals surface area contributed by atoms with Crippen LogP contribution in [0.5, 0.6) is 0 Å². The highest BCUT2D eigenvalue weighted by atomic mass is 16.2. The number of benzene rings is 1. The number of nitrogens with one attached hydrogen (secondary N) is 1. The lowest BCUT2D eigenvalue weighted by molar-refractivity contribution is -0.130. The molecule has 6 heteroatoms. The highest BCUT2D eigenvalue weighted by molar-refractivity contribution is 5.89. The van der Waals surface area contributed by atoms with E-state index in [0.717, 1.165) is 30.5 Å². The lowest BCUT2D eigenvalue weighted by atomic mass is 10.1. The summed E-state index contributed by atoms with van der Waals surface area (Å²) in [5.74, 6) is -0.0947. The van der Waals surface area contributed by atoms with E-state index < -0.39 is 0 Å². The minimum atomic E-state index is -0.223. The van der Waals surface area contributed by atoms with Gasteiger partial charge in [0.1, 0.15) is 0 Å². The fourth-order valence-electron chi connectivity index (χ4n) is 4.26. The average molecular weight is 366 g/mol. The molecule has 2 aliphatic rings. The van der Waals surface area contributed by atoms with E-state index >= 15 is 0 Å². The number of hydrogen-bond acceptors (Lipinski definition) is 3. The van der Waals surface area contributed by atoms with Crippen LogP contribution < -0.4 is 5.32 Å². The molecule has 1 unspecified atom stereocenters. The molecule has 1 atom stereocenters. The summed E-state index contributed by atoms with van der Waals surface area (Å²) >= 11 is 0. The maximum atomic E-state index is 12.6. The molecule has 6 nitrogen and oxygen atoms in total. The lowest BCUT2D eigenvalue weighted by Gasteiger charge is -2.23. The van der Waals surface area contributed by atoms with Gasteiger partial charge in [-0.15, -0.1) is 0 Å². The molecule has 1 N–H and O–H groups in total. The van der Waals surface area contributed by atoms with E-state index in [1.165, 1.54) is 12.8 Å². The Morgan fingerprint density at radius 3 is 2.70 bits per heavy atom. The van der Waals surface area contributed by atoms with Gasteiger partial charge in [-0.3, -0.25) is 9.59 Å². The smallest absolute Gasteiger partial charge is 0.225 e. The van der Waals surface area contributed by atoms with Crippen molar-refractivity contribution in [3.05, 3.63) is 54.1 Å². The number of amides is 2. The van der Waals surface area contributed by atoms with E-state index in [2.05, 4.69) is 16.4 Å². The summed E-state index contributed by atoms with van der Waals surface area (Å²) < 4.78 is 2.01. The molecule has 1 saturated heterocycles. The maximum absolute atomic E-state index is 12.6. The molecule has 2 heterocycles. The monoisotopic (exact) mass is 366 g/mol. The van der Waals surface area contributed by atoms with Crippen molar-refractivity contribution in [2.24, 2.45) is 5.92 Å². The second-order valence-electron chi connectivity index (χ2n) is 7.61. The summed E-state index contributed by atoms with van der Waals surface area (Å²) in [4.78, 5) is 31.0. The number of hydrogen-bond donors (Lipinski definition) is 1. The number of carbonyl (C=O) groups excluding carboxylic acids is 2. The molecule has 27 heavy (non-hydrogen) atoms. The first kappa shape index (κ1) is 17.8. The maximum Gasteiger partial charge on any atom is 0.225 e. The van der Waals surface area contributed by atoms with Crippen molar-refractivity contribution >= 4 is 11.8 Å². The molecule has 0 spiro atoms. The minimum absolute atomic E-state index is 0.0127. The van der Waals surface area contributed by atoms with Gasteiger partial charge in [0.25, 0.3) is 0 Å². The van der Waals surface area contributed by atoms with Crippen molar-refractivity contribution in [2.75, 3.05) is 6.54 Å². The first-order chi connectivity index (χ1) is 13.2. The van der Waals surface area contributed by atoms with Crippen molar-refractivity contribution in [1.29, 1.82) is 0 Å². The molecular formula is C21H26N4O2.